The first-order valence-electron chi connectivity index (χ1n) is 5.22. The number of nitrogens with two attached hydrogens (primary N) is 1. The minimum Gasteiger partial charge on any atom is -0.389 e. The van der Waals surface area contributed by atoms with E-state index < -0.39 is 5.60 Å². The highest BCUT2D eigenvalue weighted by Crippen LogP contribution is 2.05. The summed E-state index contributed by atoms with van der Waals surface area (Å²) >= 11 is 0. The lowest BCUT2D eigenvalue weighted by Crippen LogP contribution is -2.38. The first kappa shape index (κ1) is 12.7. The van der Waals surface area contributed by atoms with Crippen LogP contribution in [-0.4, -0.2) is 23.2 Å². The molecule has 1 aromatic rings. The van der Waals surface area contributed by atoms with Crippen LogP contribution in [0.2, 0.25) is 0 Å². The average Bonchev–Trinajstić information content (AvgIpc) is 2.25. The molecule has 0 aromatic heterocycles. The van der Waals surface area contributed by atoms with E-state index in [1.807, 2.05) is 6.07 Å². The molecule has 1 rings (SSSR count). The number of carbonyl (C=O) groups excluding carboxylic acids is 1. The Hall–Kier alpha value is -1.39. The van der Waals surface area contributed by atoms with Crippen LogP contribution in [0.25, 0.3) is 0 Å². The lowest BCUT2D eigenvalue weighted by Gasteiger charge is -2.17. The smallest absolute Gasteiger partial charge is 0.251 e. The summed E-state index contributed by atoms with van der Waals surface area (Å²) in [5.41, 5.74) is 6.06. The topological polar surface area (TPSA) is 75.3 Å². The van der Waals surface area contributed by atoms with Crippen molar-refractivity contribution in [3.8, 4) is 0 Å². The predicted octanol–water partition coefficient (Wildman–Crippen LogP) is 0.646. The van der Waals surface area contributed by atoms with Crippen LogP contribution in [-0.2, 0) is 6.54 Å². The minimum absolute atomic E-state index is 0.197. The first-order chi connectivity index (χ1) is 7.42. The summed E-state index contributed by atoms with van der Waals surface area (Å²) in [5.74, 6) is -0.197. The molecular weight excluding hydrogens is 204 g/mol. The standard InChI is InChI=1S/C12H18N2O2/c1-12(2,16)8-14-11(15)10-5-3-4-9(6-10)7-13/h3-6,16H,7-8,13H2,1-2H3,(H,14,15). The Morgan fingerprint density at radius 2 is 2.19 bits per heavy atom. The average molecular weight is 222 g/mol. The third kappa shape index (κ3) is 4.00. The Balaban J connectivity index is 2.66. The zero-order valence-electron chi connectivity index (χ0n) is 9.66. The Morgan fingerprint density at radius 3 is 2.75 bits per heavy atom. The van der Waals surface area contributed by atoms with Crippen LogP contribution >= 0.6 is 0 Å². The van der Waals surface area contributed by atoms with Gasteiger partial charge in [-0.3, -0.25) is 4.79 Å². The molecule has 88 valence electrons. The maximum absolute atomic E-state index is 11.7. The number of aliphatic hydroxyl groups is 1. The summed E-state index contributed by atoms with van der Waals surface area (Å²) < 4.78 is 0. The number of hydrogen-bond acceptors (Lipinski definition) is 3. The molecule has 1 aromatic carbocycles. The summed E-state index contributed by atoms with van der Waals surface area (Å²) in [6, 6.07) is 7.13. The van der Waals surface area contributed by atoms with Gasteiger partial charge in [-0.25, -0.2) is 0 Å². The van der Waals surface area contributed by atoms with Crippen molar-refractivity contribution in [1.82, 2.24) is 5.32 Å². The molecule has 0 atom stereocenters. The Bertz CT molecular complexity index is 370. The van der Waals surface area contributed by atoms with Crippen LogP contribution in [0, 0.1) is 0 Å². The van der Waals surface area contributed by atoms with Crippen LogP contribution in [0.4, 0.5) is 0 Å². The van der Waals surface area contributed by atoms with E-state index >= 15 is 0 Å². The molecule has 4 N–H and O–H groups in total. The zero-order valence-corrected chi connectivity index (χ0v) is 9.66. The Morgan fingerprint density at radius 1 is 1.50 bits per heavy atom. The van der Waals surface area contributed by atoms with E-state index in [2.05, 4.69) is 5.32 Å². The normalized spacial score (nSPS) is 11.2. The summed E-state index contributed by atoms with van der Waals surface area (Å²) in [6.07, 6.45) is 0. The van der Waals surface area contributed by atoms with Crippen LogP contribution in [0.3, 0.4) is 0 Å². The predicted molar refractivity (Wildman–Crippen MR) is 63.0 cm³/mol. The first-order valence-corrected chi connectivity index (χ1v) is 5.22. The van der Waals surface area contributed by atoms with Crippen LogP contribution in [0.15, 0.2) is 24.3 Å². The monoisotopic (exact) mass is 222 g/mol. The van der Waals surface area contributed by atoms with Gasteiger partial charge >= 0.3 is 0 Å². The minimum atomic E-state index is -0.902. The van der Waals surface area contributed by atoms with Gasteiger partial charge < -0.3 is 16.2 Å². The lowest BCUT2D eigenvalue weighted by atomic mass is 10.1. The maximum Gasteiger partial charge on any atom is 0.251 e. The van der Waals surface area contributed by atoms with Gasteiger partial charge in [0.25, 0.3) is 5.91 Å². The van der Waals surface area contributed by atoms with Gasteiger partial charge in [0, 0.05) is 18.7 Å². The van der Waals surface area contributed by atoms with E-state index in [0.29, 0.717) is 12.1 Å². The lowest BCUT2D eigenvalue weighted by molar-refractivity contribution is 0.0694. The zero-order chi connectivity index (χ0) is 12.2. The molecule has 16 heavy (non-hydrogen) atoms. The van der Waals surface area contributed by atoms with E-state index in [4.69, 9.17) is 5.73 Å². The van der Waals surface area contributed by atoms with Crippen LogP contribution < -0.4 is 11.1 Å². The molecule has 0 saturated carbocycles. The van der Waals surface area contributed by atoms with Gasteiger partial charge in [0.1, 0.15) is 0 Å². The fraction of sp³-hybridized carbons (Fsp3) is 0.417. The van der Waals surface area contributed by atoms with Gasteiger partial charge in [-0.2, -0.15) is 0 Å². The van der Waals surface area contributed by atoms with E-state index in [0.717, 1.165) is 5.56 Å². The van der Waals surface area contributed by atoms with Gasteiger partial charge in [-0.15, -0.1) is 0 Å². The van der Waals surface area contributed by atoms with Gasteiger partial charge in [0.15, 0.2) is 0 Å². The number of amides is 1. The van der Waals surface area contributed by atoms with Gasteiger partial charge in [-0.05, 0) is 31.5 Å². The fourth-order valence-corrected chi connectivity index (χ4v) is 1.24. The number of hydrogen-bond donors (Lipinski definition) is 3. The molecular formula is C12H18N2O2. The second-order valence-corrected chi connectivity index (χ2v) is 4.40. The second kappa shape index (κ2) is 5.09. The van der Waals surface area contributed by atoms with E-state index in [1.165, 1.54) is 0 Å². The molecule has 0 saturated heterocycles. The highest BCUT2D eigenvalue weighted by Gasteiger charge is 2.14. The molecule has 0 aliphatic rings. The molecule has 4 nitrogen and oxygen atoms in total. The summed E-state index contributed by atoms with van der Waals surface area (Å²) in [6.45, 7) is 3.92. The van der Waals surface area contributed by atoms with E-state index in [9.17, 15) is 9.90 Å². The number of rotatable bonds is 4. The highest BCUT2D eigenvalue weighted by atomic mass is 16.3. The van der Waals surface area contributed by atoms with Crippen molar-refractivity contribution in [3.05, 3.63) is 35.4 Å². The fourth-order valence-electron chi connectivity index (χ4n) is 1.24. The number of carbonyl (C=O) groups is 1. The Kier molecular flexibility index (Phi) is 4.04. The largest absolute Gasteiger partial charge is 0.389 e. The molecule has 0 aliphatic heterocycles. The van der Waals surface area contributed by atoms with Gasteiger partial charge in [0.2, 0.25) is 0 Å². The third-order valence-corrected chi connectivity index (χ3v) is 2.11. The van der Waals surface area contributed by atoms with E-state index in [-0.39, 0.29) is 12.5 Å². The SMILES string of the molecule is CC(C)(O)CNC(=O)c1cccc(CN)c1. The summed E-state index contributed by atoms with van der Waals surface area (Å²) in [5, 5.41) is 12.1. The van der Waals surface area contributed by atoms with Crippen molar-refractivity contribution in [2.75, 3.05) is 6.54 Å². The molecule has 0 radical (unpaired) electrons. The molecule has 0 spiro atoms. The van der Waals surface area contributed by atoms with Crippen LogP contribution in [0.5, 0.6) is 0 Å². The number of benzene rings is 1. The molecule has 0 aliphatic carbocycles. The van der Waals surface area contributed by atoms with Gasteiger partial charge in [-0.1, -0.05) is 12.1 Å². The Labute approximate surface area is 95.5 Å². The van der Waals surface area contributed by atoms with E-state index in [1.54, 1.807) is 32.0 Å². The molecule has 4 heteroatoms. The van der Waals surface area contributed by atoms with Crippen molar-refractivity contribution >= 4 is 5.91 Å². The van der Waals surface area contributed by atoms with Gasteiger partial charge in [0.05, 0.1) is 5.60 Å². The van der Waals surface area contributed by atoms with Crippen molar-refractivity contribution in [2.45, 2.75) is 26.0 Å². The molecule has 1 amide bonds. The highest BCUT2D eigenvalue weighted by molar-refractivity contribution is 5.94. The third-order valence-electron chi connectivity index (χ3n) is 2.11. The van der Waals surface area contributed by atoms with Crippen molar-refractivity contribution in [2.24, 2.45) is 5.73 Å². The maximum atomic E-state index is 11.7. The molecule has 0 fully saturated rings. The molecule has 0 unspecified atom stereocenters. The quantitative estimate of drug-likeness (QED) is 0.700. The summed E-state index contributed by atoms with van der Waals surface area (Å²) in [7, 11) is 0. The number of nitrogens with one attached hydrogen (secondary N) is 1. The van der Waals surface area contributed by atoms with Crippen molar-refractivity contribution in [3.63, 3.8) is 0 Å². The molecule has 0 bridgehead atoms. The summed E-state index contributed by atoms with van der Waals surface area (Å²) in [4.78, 5) is 11.7. The molecule has 0 heterocycles. The van der Waals surface area contributed by atoms with Crippen LogP contribution in [0.1, 0.15) is 29.8 Å². The van der Waals surface area contributed by atoms with Crippen molar-refractivity contribution in [1.29, 1.82) is 0 Å². The van der Waals surface area contributed by atoms with Crippen molar-refractivity contribution < 1.29 is 9.90 Å². The second-order valence-electron chi connectivity index (χ2n) is 4.40.